The van der Waals surface area contributed by atoms with E-state index in [0.29, 0.717) is 17.9 Å². The van der Waals surface area contributed by atoms with Crippen LogP contribution in [0.15, 0.2) is 24.4 Å². The lowest BCUT2D eigenvalue weighted by molar-refractivity contribution is 0.270. The summed E-state index contributed by atoms with van der Waals surface area (Å²) in [4.78, 5) is 7.13. The van der Waals surface area contributed by atoms with Crippen LogP contribution in [0, 0.1) is 11.8 Å². The number of fused-ring (bicyclic) bond motifs is 1. The van der Waals surface area contributed by atoms with Gasteiger partial charge in [-0.15, -0.1) is 0 Å². The molecule has 2 aromatic rings. The summed E-state index contributed by atoms with van der Waals surface area (Å²) in [7, 11) is 0. The average molecular weight is 273 g/mol. The molecule has 0 aliphatic carbocycles. The van der Waals surface area contributed by atoms with Crippen LogP contribution in [0.5, 0.6) is 0 Å². The fourth-order valence-corrected chi connectivity index (χ4v) is 3.41. The molecule has 0 radical (unpaired) electrons. The molecule has 1 fully saturated rings. The van der Waals surface area contributed by atoms with Crippen LogP contribution in [0.3, 0.4) is 0 Å². The average Bonchev–Trinajstić information content (AvgIpc) is 2.81. The van der Waals surface area contributed by atoms with Crippen molar-refractivity contribution >= 4 is 11.5 Å². The molecular weight excluding hydrogens is 250 g/mol. The van der Waals surface area contributed by atoms with Gasteiger partial charge in [-0.3, -0.25) is 4.40 Å². The number of aromatic nitrogens is 2. The molecule has 20 heavy (non-hydrogen) atoms. The summed E-state index contributed by atoms with van der Waals surface area (Å²) < 4.78 is 1.99. The first-order chi connectivity index (χ1) is 9.61. The Hall–Kier alpha value is -1.55. The Bertz CT molecular complexity index is 607. The molecule has 108 valence electrons. The minimum Gasteiger partial charge on any atom is -0.390 e. The Morgan fingerprint density at radius 3 is 2.85 bits per heavy atom. The Morgan fingerprint density at radius 1 is 1.30 bits per heavy atom. The van der Waals surface area contributed by atoms with E-state index in [1.807, 2.05) is 28.8 Å². The summed E-state index contributed by atoms with van der Waals surface area (Å²) in [5.41, 5.74) is 1.80. The lowest BCUT2D eigenvalue weighted by Crippen LogP contribution is -2.46. The van der Waals surface area contributed by atoms with Crippen LogP contribution < -0.4 is 4.90 Å². The number of piperidine rings is 1. The highest BCUT2D eigenvalue weighted by Crippen LogP contribution is 2.33. The Balaban J connectivity index is 2.08. The summed E-state index contributed by atoms with van der Waals surface area (Å²) in [6, 6.07) is 6.41. The predicted octanol–water partition coefficient (Wildman–Crippen LogP) is 2.70. The lowest BCUT2D eigenvalue weighted by Gasteiger charge is -2.41. The lowest BCUT2D eigenvalue weighted by atomic mass is 9.86. The van der Waals surface area contributed by atoms with Crippen molar-refractivity contribution < 1.29 is 5.11 Å². The standard InChI is InChI=1S/C16H23N3O/c1-11-8-12(2)13(3)19(9-11)16-14(10-20)18-7-5-4-6-15(18)17-16/h4-7,11-13,20H,8-10H2,1-3H3. The third-order valence-electron chi connectivity index (χ3n) is 4.63. The van der Waals surface area contributed by atoms with Crippen LogP contribution in [0.2, 0.25) is 0 Å². The van der Waals surface area contributed by atoms with Gasteiger partial charge in [0.1, 0.15) is 5.65 Å². The fraction of sp³-hybridized carbons (Fsp3) is 0.562. The fourth-order valence-electron chi connectivity index (χ4n) is 3.41. The Kier molecular flexibility index (Phi) is 3.42. The second-order valence-corrected chi connectivity index (χ2v) is 6.18. The molecule has 1 aliphatic rings. The van der Waals surface area contributed by atoms with Crippen molar-refractivity contribution in [1.29, 1.82) is 0 Å². The first-order valence-electron chi connectivity index (χ1n) is 7.45. The van der Waals surface area contributed by atoms with Crippen molar-refractivity contribution in [1.82, 2.24) is 9.38 Å². The van der Waals surface area contributed by atoms with E-state index < -0.39 is 0 Å². The monoisotopic (exact) mass is 273 g/mol. The smallest absolute Gasteiger partial charge is 0.153 e. The molecule has 0 bridgehead atoms. The van der Waals surface area contributed by atoms with Crippen molar-refractivity contribution in [2.75, 3.05) is 11.4 Å². The minimum absolute atomic E-state index is 0.0203. The Labute approximate surface area is 120 Å². The highest BCUT2D eigenvalue weighted by molar-refractivity contribution is 5.56. The first-order valence-corrected chi connectivity index (χ1v) is 7.45. The normalized spacial score (nSPS) is 27.2. The second kappa shape index (κ2) is 5.09. The van der Waals surface area contributed by atoms with Crippen LogP contribution in [0.4, 0.5) is 5.82 Å². The van der Waals surface area contributed by atoms with Crippen molar-refractivity contribution in [2.24, 2.45) is 11.8 Å². The molecule has 0 amide bonds. The van der Waals surface area contributed by atoms with Gasteiger partial charge >= 0.3 is 0 Å². The highest BCUT2D eigenvalue weighted by Gasteiger charge is 2.31. The first kappa shape index (κ1) is 13.4. The maximum absolute atomic E-state index is 9.77. The van der Waals surface area contributed by atoms with E-state index in [9.17, 15) is 5.11 Å². The van der Waals surface area contributed by atoms with Gasteiger partial charge in [-0.1, -0.05) is 19.9 Å². The number of pyridine rings is 1. The SMILES string of the molecule is CC1CC(C)C(C)N(c2nc3ccccn3c2CO)C1. The van der Waals surface area contributed by atoms with E-state index in [1.54, 1.807) is 0 Å². The van der Waals surface area contributed by atoms with E-state index in [0.717, 1.165) is 23.7 Å². The number of hydrogen-bond donors (Lipinski definition) is 1. The summed E-state index contributed by atoms with van der Waals surface area (Å²) in [6.45, 7) is 7.90. The molecule has 4 nitrogen and oxygen atoms in total. The maximum atomic E-state index is 9.77. The molecule has 3 rings (SSSR count). The van der Waals surface area contributed by atoms with Gasteiger partial charge in [0, 0.05) is 18.8 Å². The topological polar surface area (TPSA) is 40.8 Å². The number of anilines is 1. The molecule has 0 saturated carbocycles. The summed E-state index contributed by atoms with van der Waals surface area (Å²) >= 11 is 0. The van der Waals surface area contributed by atoms with Gasteiger partial charge in [-0.05, 0) is 37.3 Å². The molecule has 1 saturated heterocycles. The van der Waals surface area contributed by atoms with Crippen molar-refractivity contribution in [3.05, 3.63) is 30.1 Å². The van der Waals surface area contributed by atoms with E-state index in [-0.39, 0.29) is 6.61 Å². The van der Waals surface area contributed by atoms with Gasteiger partial charge in [-0.25, -0.2) is 4.98 Å². The van der Waals surface area contributed by atoms with Gasteiger partial charge in [0.05, 0.1) is 12.3 Å². The third kappa shape index (κ3) is 2.08. The van der Waals surface area contributed by atoms with Crippen molar-refractivity contribution in [3.63, 3.8) is 0 Å². The molecule has 3 unspecified atom stereocenters. The van der Waals surface area contributed by atoms with Crippen LogP contribution in [-0.2, 0) is 6.61 Å². The molecule has 0 spiro atoms. The number of aliphatic hydroxyl groups excluding tert-OH is 1. The molecule has 4 heteroatoms. The highest BCUT2D eigenvalue weighted by atomic mass is 16.3. The number of imidazole rings is 1. The van der Waals surface area contributed by atoms with Gasteiger partial charge in [0.15, 0.2) is 5.82 Å². The number of rotatable bonds is 2. The molecule has 3 heterocycles. The summed E-state index contributed by atoms with van der Waals surface area (Å²) in [6.07, 6.45) is 3.23. The zero-order chi connectivity index (χ0) is 14.3. The number of hydrogen-bond acceptors (Lipinski definition) is 3. The Morgan fingerprint density at radius 2 is 2.10 bits per heavy atom. The van der Waals surface area contributed by atoms with E-state index in [1.165, 1.54) is 6.42 Å². The van der Waals surface area contributed by atoms with Gasteiger partial charge in [0.25, 0.3) is 0 Å². The van der Waals surface area contributed by atoms with Gasteiger partial charge < -0.3 is 10.0 Å². The van der Waals surface area contributed by atoms with Gasteiger partial charge in [-0.2, -0.15) is 0 Å². The summed E-state index contributed by atoms with van der Waals surface area (Å²) in [5.74, 6) is 2.26. The number of nitrogens with zero attached hydrogens (tertiary/aromatic N) is 3. The third-order valence-corrected chi connectivity index (χ3v) is 4.63. The van der Waals surface area contributed by atoms with Crippen LogP contribution in [0.25, 0.3) is 5.65 Å². The zero-order valence-electron chi connectivity index (χ0n) is 12.5. The second-order valence-electron chi connectivity index (χ2n) is 6.18. The minimum atomic E-state index is 0.0203. The van der Waals surface area contributed by atoms with Crippen molar-refractivity contribution in [2.45, 2.75) is 39.8 Å². The maximum Gasteiger partial charge on any atom is 0.153 e. The van der Waals surface area contributed by atoms with Crippen LogP contribution >= 0.6 is 0 Å². The van der Waals surface area contributed by atoms with Crippen LogP contribution in [0.1, 0.15) is 32.9 Å². The van der Waals surface area contributed by atoms with E-state index in [4.69, 9.17) is 4.98 Å². The number of aliphatic hydroxyl groups is 1. The van der Waals surface area contributed by atoms with E-state index in [2.05, 4.69) is 25.7 Å². The van der Waals surface area contributed by atoms with Crippen molar-refractivity contribution in [3.8, 4) is 0 Å². The quantitative estimate of drug-likeness (QED) is 0.914. The zero-order valence-corrected chi connectivity index (χ0v) is 12.5. The summed E-state index contributed by atoms with van der Waals surface area (Å²) in [5, 5.41) is 9.77. The molecule has 3 atom stereocenters. The van der Waals surface area contributed by atoms with Gasteiger partial charge in [0.2, 0.25) is 0 Å². The van der Waals surface area contributed by atoms with E-state index >= 15 is 0 Å². The molecule has 1 N–H and O–H groups in total. The van der Waals surface area contributed by atoms with Crippen LogP contribution in [-0.4, -0.2) is 27.1 Å². The molecule has 0 aromatic carbocycles. The molecule has 1 aliphatic heterocycles. The largest absolute Gasteiger partial charge is 0.390 e. The molecular formula is C16H23N3O. The molecule has 2 aromatic heterocycles. The predicted molar refractivity (Wildman–Crippen MR) is 80.9 cm³/mol.